The molecule has 1 saturated heterocycles. The van der Waals surface area contributed by atoms with E-state index < -0.39 is 17.3 Å². The molecule has 9 heteroatoms. The van der Waals surface area contributed by atoms with E-state index in [9.17, 15) is 18.0 Å². The number of ether oxygens (including phenoxy) is 1. The third kappa shape index (κ3) is 5.93. The number of rotatable bonds is 3. The largest absolute Gasteiger partial charge is 0.444 e. The summed E-state index contributed by atoms with van der Waals surface area (Å²) < 4.78 is 43.3. The molecule has 1 aliphatic rings. The number of nitrogens with zero attached hydrogens (tertiary/aromatic N) is 2. The van der Waals surface area contributed by atoms with E-state index in [4.69, 9.17) is 16.3 Å². The smallest absolute Gasteiger partial charge is 0.417 e. The highest BCUT2D eigenvalue weighted by atomic mass is 35.5. The first-order chi connectivity index (χ1) is 12.0. The summed E-state index contributed by atoms with van der Waals surface area (Å²) in [6, 6.07) is 0.852. The molecule has 1 aromatic heterocycles. The first-order valence-electron chi connectivity index (χ1n) is 8.40. The van der Waals surface area contributed by atoms with E-state index in [1.54, 1.807) is 4.90 Å². The van der Waals surface area contributed by atoms with Crippen LogP contribution in [0, 0.1) is 5.92 Å². The third-order valence-corrected chi connectivity index (χ3v) is 4.19. The number of piperidine rings is 1. The lowest BCUT2D eigenvalue weighted by atomic mass is 9.98. The number of nitrogens with one attached hydrogen (secondary N) is 1. The van der Waals surface area contributed by atoms with Crippen molar-refractivity contribution in [3.63, 3.8) is 0 Å². The lowest BCUT2D eigenvalue weighted by molar-refractivity contribution is -0.137. The average Bonchev–Trinajstić information content (AvgIpc) is 2.51. The number of likely N-dealkylation sites (tertiary alicyclic amines) is 1. The van der Waals surface area contributed by atoms with Crippen molar-refractivity contribution in [2.75, 3.05) is 25.0 Å². The number of carbonyl (C=O) groups is 1. The van der Waals surface area contributed by atoms with Gasteiger partial charge in [-0.25, -0.2) is 9.78 Å². The van der Waals surface area contributed by atoms with Gasteiger partial charge in [0.25, 0.3) is 0 Å². The Hall–Kier alpha value is -1.70. The maximum atomic E-state index is 12.6. The van der Waals surface area contributed by atoms with E-state index >= 15 is 0 Å². The molecule has 146 valence electrons. The quantitative estimate of drug-likeness (QED) is 0.800. The second kappa shape index (κ2) is 7.90. The number of halogens is 4. The summed E-state index contributed by atoms with van der Waals surface area (Å²) in [5.74, 6) is 0.338. The highest BCUT2D eigenvalue weighted by Gasteiger charge is 2.32. The van der Waals surface area contributed by atoms with E-state index in [1.165, 1.54) is 0 Å². The summed E-state index contributed by atoms with van der Waals surface area (Å²) in [4.78, 5) is 17.6. The zero-order valence-corrected chi connectivity index (χ0v) is 15.7. The fourth-order valence-corrected chi connectivity index (χ4v) is 2.92. The van der Waals surface area contributed by atoms with Crippen molar-refractivity contribution in [1.29, 1.82) is 0 Å². The molecule has 1 N–H and O–H groups in total. The van der Waals surface area contributed by atoms with Crippen LogP contribution in [0.15, 0.2) is 12.3 Å². The van der Waals surface area contributed by atoms with Crippen LogP contribution in [0.1, 0.15) is 39.2 Å². The molecule has 2 rings (SSSR count). The number of anilines is 1. The van der Waals surface area contributed by atoms with Gasteiger partial charge in [0.15, 0.2) is 0 Å². The molecule has 0 bridgehead atoms. The van der Waals surface area contributed by atoms with Gasteiger partial charge in [0, 0.05) is 25.8 Å². The predicted octanol–water partition coefficient (Wildman–Crippen LogP) is 4.81. The van der Waals surface area contributed by atoms with Gasteiger partial charge in [-0.3, -0.25) is 0 Å². The van der Waals surface area contributed by atoms with Crippen LogP contribution in [-0.2, 0) is 10.9 Å². The lowest BCUT2D eigenvalue weighted by Gasteiger charge is -2.34. The van der Waals surface area contributed by atoms with Crippen LogP contribution in [0.4, 0.5) is 23.8 Å². The Morgan fingerprint density at radius 3 is 2.69 bits per heavy atom. The molecule has 0 aromatic carbocycles. The van der Waals surface area contributed by atoms with Gasteiger partial charge in [-0.15, -0.1) is 0 Å². The SMILES string of the molecule is CC(C)(C)OC(=O)N1CCC[C@@H](CNc2ncc(C(F)(F)F)cc2Cl)C1. The molecule has 0 spiro atoms. The minimum Gasteiger partial charge on any atom is -0.444 e. The van der Waals surface area contributed by atoms with E-state index in [0.717, 1.165) is 25.1 Å². The Morgan fingerprint density at radius 2 is 2.12 bits per heavy atom. The highest BCUT2D eigenvalue weighted by molar-refractivity contribution is 6.32. The van der Waals surface area contributed by atoms with Crippen LogP contribution in [0.5, 0.6) is 0 Å². The van der Waals surface area contributed by atoms with Gasteiger partial charge in [0.2, 0.25) is 0 Å². The first-order valence-corrected chi connectivity index (χ1v) is 8.78. The summed E-state index contributed by atoms with van der Waals surface area (Å²) in [5.41, 5.74) is -1.44. The van der Waals surface area contributed by atoms with Gasteiger partial charge in [-0.2, -0.15) is 13.2 Å². The van der Waals surface area contributed by atoms with Crippen LogP contribution < -0.4 is 5.32 Å². The highest BCUT2D eigenvalue weighted by Crippen LogP contribution is 2.32. The third-order valence-electron chi connectivity index (χ3n) is 3.90. The molecule has 1 aromatic rings. The fourth-order valence-electron chi connectivity index (χ4n) is 2.69. The van der Waals surface area contributed by atoms with Crippen LogP contribution in [0.2, 0.25) is 5.02 Å². The summed E-state index contributed by atoms with van der Waals surface area (Å²) >= 11 is 5.90. The van der Waals surface area contributed by atoms with E-state index in [0.29, 0.717) is 19.6 Å². The molecule has 0 saturated carbocycles. The van der Waals surface area contributed by atoms with Crippen LogP contribution >= 0.6 is 11.6 Å². The summed E-state index contributed by atoms with van der Waals surface area (Å²) in [7, 11) is 0. The number of carbonyl (C=O) groups excluding carboxylic acids is 1. The standard InChI is InChI=1S/C17H23ClF3N3O2/c1-16(2,3)26-15(25)24-6-4-5-11(10-24)8-22-14-13(18)7-12(9-23-14)17(19,20)21/h7,9,11H,4-6,8,10H2,1-3H3,(H,22,23)/t11-/m0/s1. The summed E-state index contributed by atoms with van der Waals surface area (Å²) in [6.45, 7) is 7.03. The van der Waals surface area contributed by atoms with E-state index in [2.05, 4.69) is 10.3 Å². The van der Waals surface area contributed by atoms with Gasteiger partial charge in [-0.1, -0.05) is 11.6 Å². The van der Waals surface area contributed by atoms with Crippen LogP contribution in [0.25, 0.3) is 0 Å². The first kappa shape index (κ1) is 20.6. The number of aromatic nitrogens is 1. The zero-order chi connectivity index (χ0) is 19.5. The average molecular weight is 394 g/mol. The second-order valence-corrected chi connectivity index (χ2v) is 7.77. The Morgan fingerprint density at radius 1 is 1.42 bits per heavy atom. The Bertz CT molecular complexity index is 647. The molecule has 26 heavy (non-hydrogen) atoms. The summed E-state index contributed by atoms with van der Waals surface area (Å²) in [5, 5.41) is 2.90. The topological polar surface area (TPSA) is 54.5 Å². The molecule has 1 amide bonds. The van der Waals surface area contributed by atoms with Crippen LogP contribution in [-0.4, -0.2) is 41.2 Å². The minimum atomic E-state index is -4.48. The van der Waals surface area contributed by atoms with Crippen molar-refractivity contribution < 1.29 is 22.7 Å². The number of hydrogen-bond donors (Lipinski definition) is 1. The molecule has 2 heterocycles. The Labute approximate surface area is 155 Å². The van der Waals surface area contributed by atoms with E-state index in [-0.39, 0.29) is 22.9 Å². The van der Waals surface area contributed by atoms with Crippen LogP contribution in [0.3, 0.4) is 0 Å². The van der Waals surface area contributed by atoms with Gasteiger partial charge in [0.1, 0.15) is 11.4 Å². The zero-order valence-electron chi connectivity index (χ0n) is 15.0. The predicted molar refractivity (Wildman–Crippen MR) is 93.3 cm³/mol. The Kier molecular flexibility index (Phi) is 6.26. The van der Waals surface area contributed by atoms with Gasteiger partial charge >= 0.3 is 12.3 Å². The molecule has 0 radical (unpaired) electrons. The van der Waals surface area contributed by atoms with Crippen molar-refractivity contribution in [3.8, 4) is 0 Å². The van der Waals surface area contributed by atoms with Crippen molar-refractivity contribution in [1.82, 2.24) is 9.88 Å². The second-order valence-electron chi connectivity index (χ2n) is 7.37. The molecular formula is C17H23ClF3N3O2. The van der Waals surface area contributed by atoms with E-state index in [1.807, 2.05) is 20.8 Å². The van der Waals surface area contributed by atoms with Gasteiger partial charge in [-0.05, 0) is 45.6 Å². The molecule has 1 fully saturated rings. The monoisotopic (exact) mass is 393 g/mol. The number of amides is 1. The maximum Gasteiger partial charge on any atom is 0.417 e. The minimum absolute atomic E-state index is 0.0837. The maximum absolute atomic E-state index is 12.6. The van der Waals surface area contributed by atoms with Gasteiger partial charge in [0.05, 0.1) is 10.6 Å². The summed E-state index contributed by atoms with van der Waals surface area (Å²) in [6.07, 6.45) is -2.35. The van der Waals surface area contributed by atoms with Crippen molar-refractivity contribution in [2.24, 2.45) is 5.92 Å². The Balaban J connectivity index is 1.92. The van der Waals surface area contributed by atoms with Gasteiger partial charge < -0.3 is 15.0 Å². The molecule has 1 aliphatic heterocycles. The molecular weight excluding hydrogens is 371 g/mol. The fraction of sp³-hybridized carbons (Fsp3) is 0.647. The number of alkyl halides is 3. The van der Waals surface area contributed by atoms with Crippen molar-refractivity contribution >= 4 is 23.5 Å². The molecule has 0 unspecified atom stereocenters. The van der Waals surface area contributed by atoms with Crippen molar-refractivity contribution in [2.45, 2.75) is 45.4 Å². The number of pyridine rings is 1. The van der Waals surface area contributed by atoms with Crippen molar-refractivity contribution in [3.05, 3.63) is 22.8 Å². The molecule has 0 aliphatic carbocycles. The number of hydrogen-bond acceptors (Lipinski definition) is 4. The lowest BCUT2D eigenvalue weighted by Crippen LogP contribution is -2.44. The molecule has 1 atom stereocenters. The normalized spacial score (nSPS) is 18.6. The molecule has 5 nitrogen and oxygen atoms in total.